The smallest absolute Gasteiger partial charge is 0.0753 e. The van der Waals surface area contributed by atoms with Crippen molar-refractivity contribution in [1.82, 2.24) is 9.78 Å². The number of aryl methyl sites for hydroxylation is 1. The molecule has 0 radical (unpaired) electrons. The molecular weight excluding hydrogens is 240 g/mol. The summed E-state index contributed by atoms with van der Waals surface area (Å²) in [4.78, 5) is 0. The summed E-state index contributed by atoms with van der Waals surface area (Å²) in [5.74, 6) is 0. The molecule has 1 heterocycles. The summed E-state index contributed by atoms with van der Waals surface area (Å²) < 4.78 is 1.85. The van der Waals surface area contributed by atoms with Crippen LogP contribution in [0, 0.1) is 0 Å². The first-order valence-electron chi connectivity index (χ1n) is 4.64. The van der Waals surface area contributed by atoms with Gasteiger partial charge in [0.15, 0.2) is 0 Å². The summed E-state index contributed by atoms with van der Waals surface area (Å²) in [6, 6.07) is 0. The molecule has 0 aromatic carbocycles. The fraction of sp³-hybridized carbons (Fsp3) is 0.545. The maximum atomic E-state index is 4.49. The Labute approximate surface area is 94.1 Å². The van der Waals surface area contributed by atoms with Crippen LogP contribution in [0.25, 0.3) is 5.57 Å². The Morgan fingerprint density at radius 2 is 2.14 bits per heavy atom. The molecule has 0 fully saturated rings. The van der Waals surface area contributed by atoms with Gasteiger partial charge in [0.05, 0.1) is 5.69 Å². The second-order valence-corrected chi connectivity index (χ2v) is 5.11. The zero-order valence-electron chi connectivity index (χ0n) is 9.26. The number of nitrogens with zero attached hydrogens (tertiary/aromatic N) is 2. The molecule has 14 heavy (non-hydrogen) atoms. The Hall–Kier alpha value is -0.570. The lowest BCUT2D eigenvalue weighted by molar-refractivity contribution is 0.552. The number of rotatable bonds is 2. The van der Waals surface area contributed by atoms with Gasteiger partial charge in [-0.1, -0.05) is 43.3 Å². The summed E-state index contributed by atoms with van der Waals surface area (Å²) in [5.41, 5.74) is 3.44. The monoisotopic (exact) mass is 256 g/mol. The first-order valence-corrected chi connectivity index (χ1v) is 5.76. The molecule has 0 unspecified atom stereocenters. The van der Waals surface area contributed by atoms with Gasteiger partial charge in [-0.2, -0.15) is 5.10 Å². The fourth-order valence-corrected chi connectivity index (χ4v) is 1.68. The van der Waals surface area contributed by atoms with Crippen LogP contribution in [0.2, 0.25) is 0 Å². The first-order chi connectivity index (χ1) is 6.36. The van der Waals surface area contributed by atoms with Gasteiger partial charge < -0.3 is 0 Å². The van der Waals surface area contributed by atoms with Gasteiger partial charge in [0.25, 0.3) is 0 Å². The van der Waals surface area contributed by atoms with Gasteiger partial charge in [-0.15, -0.1) is 0 Å². The van der Waals surface area contributed by atoms with Crippen LogP contribution in [0.1, 0.15) is 32.0 Å². The normalized spacial score (nSPS) is 11.8. The molecule has 0 bridgehead atoms. The maximum Gasteiger partial charge on any atom is 0.0753 e. The molecule has 0 spiro atoms. The second-order valence-electron chi connectivity index (χ2n) is 4.55. The van der Waals surface area contributed by atoms with E-state index in [9.17, 15) is 0 Å². The predicted octanol–water partition coefficient (Wildman–Crippen LogP) is 3.13. The van der Waals surface area contributed by atoms with Crippen molar-refractivity contribution in [2.75, 3.05) is 5.33 Å². The number of aromatic nitrogens is 2. The minimum Gasteiger partial charge on any atom is -0.275 e. The van der Waals surface area contributed by atoms with Crippen LogP contribution in [0.5, 0.6) is 0 Å². The molecule has 0 aliphatic rings. The van der Waals surface area contributed by atoms with Crippen molar-refractivity contribution in [2.24, 2.45) is 7.05 Å². The highest BCUT2D eigenvalue weighted by Crippen LogP contribution is 2.28. The Kier molecular flexibility index (Phi) is 3.20. The standard InChI is InChI=1S/C11H17BrN2/c1-8(6-12)9-7-14(5)13-10(9)11(2,3)4/h7H,1,6H2,2-5H3. The van der Waals surface area contributed by atoms with Crippen LogP contribution in [0.15, 0.2) is 12.8 Å². The summed E-state index contributed by atoms with van der Waals surface area (Å²) >= 11 is 3.43. The first kappa shape index (κ1) is 11.5. The molecule has 0 N–H and O–H groups in total. The van der Waals surface area contributed by atoms with Gasteiger partial charge >= 0.3 is 0 Å². The number of hydrogen-bond acceptors (Lipinski definition) is 1. The highest BCUT2D eigenvalue weighted by Gasteiger charge is 2.22. The Balaban J connectivity index is 3.23. The Morgan fingerprint density at radius 1 is 1.57 bits per heavy atom. The molecule has 0 amide bonds. The Bertz CT molecular complexity index is 345. The van der Waals surface area contributed by atoms with Crippen molar-refractivity contribution >= 4 is 21.5 Å². The molecule has 0 atom stereocenters. The summed E-state index contributed by atoms with van der Waals surface area (Å²) in [5, 5.41) is 5.28. The van der Waals surface area contributed by atoms with E-state index in [0.717, 1.165) is 22.2 Å². The van der Waals surface area contributed by atoms with Crippen molar-refractivity contribution in [1.29, 1.82) is 0 Å². The topological polar surface area (TPSA) is 17.8 Å². The van der Waals surface area contributed by atoms with E-state index in [0.29, 0.717) is 0 Å². The van der Waals surface area contributed by atoms with Crippen molar-refractivity contribution < 1.29 is 0 Å². The molecule has 1 aromatic rings. The average Bonchev–Trinajstić information content (AvgIpc) is 2.45. The molecule has 0 aliphatic heterocycles. The summed E-state index contributed by atoms with van der Waals surface area (Å²) in [6.07, 6.45) is 2.03. The van der Waals surface area contributed by atoms with Crippen LogP contribution >= 0.6 is 15.9 Å². The largest absolute Gasteiger partial charge is 0.275 e. The molecule has 1 rings (SSSR count). The summed E-state index contributed by atoms with van der Waals surface area (Å²) in [6.45, 7) is 10.5. The lowest BCUT2D eigenvalue weighted by atomic mass is 9.88. The van der Waals surface area contributed by atoms with Crippen LogP contribution < -0.4 is 0 Å². The van der Waals surface area contributed by atoms with Crippen molar-refractivity contribution in [3.05, 3.63) is 24.0 Å². The van der Waals surface area contributed by atoms with E-state index in [1.54, 1.807) is 0 Å². The number of alkyl halides is 1. The van der Waals surface area contributed by atoms with E-state index >= 15 is 0 Å². The number of halogens is 1. The molecule has 78 valence electrons. The third kappa shape index (κ3) is 2.27. The van der Waals surface area contributed by atoms with Crippen molar-refractivity contribution in [3.8, 4) is 0 Å². The van der Waals surface area contributed by atoms with Crippen molar-refractivity contribution in [3.63, 3.8) is 0 Å². The number of hydrogen-bond donors (Lipinski definition) is 0. The van der Waals surface area contributed by atoms with Gasteiger partial charge in [-0.25, -0.2) is 0 Å². The molecule has 1 aromatic heterocycles. The lowest BCUT2D eigenvalue weighted by Gasteiger charge is -2.17. The zero-order valence-corrected chi connectivity index (χ0v) is 10.8. The van der Waals surface area contributed by atoms with E-state index < -0.39 is 0 Å². The third-order valence-corrected chi connectivity index (χ3v) is 2.76. The highest BCUT2D eigenvalue weighted by atomic mass is 79.9. The van der Waals surface area contributed by atoms with Crippen LogP contribution in [-0.4, -0.2) is 15.1 Å². The summed E-state index contributed by atoms with van der Waals surface area (Å²) in [7, 11) is 1.94. The fourth-order valence-electron chi connectivity index (χ4n) is 1.37. The molecule has 0 saturated carbocycles. The molecule has 3 heteroatoms. The van der Waals surface area contributed by atoms with Crippen LogP contribution in [0.4, 0.5) is 0 Å². The van der Waals surface area contributed by atoms with Crippen LogP contribution in [0.3, 0.4) is 0 Å². The lowest BCUT2D eigenvalue weighted by Crippen LogP contribution is -2.14. The molecular formula is C11H17BrN2. The van der Waals surface area contributed by atoms with E-state index in [-0.39, 0.29) is 5.41 Å². The minimum absolute atomic E-state index is 0.0711. The maximum absolute atomic E-state index is 4.49. The van der Waals surface area contributed by atoms with Gasteiger partial charge in [0, 0.05) is 29.6 Å². The van der Waals surface area contributed by atoms with Gasteiger partial charge in [0.1, 0.15) is 0 Å². The quantitative estimate of drug-likeness (QED) is 0.744. The Morgan fingerprint density at radius 3 is 2.57 bits per heavy atom. The second kappa shape index (κ2) is 3.89. The third-order valence-electron chi connectivity index (χ3n) is 2.08. The predicted molar refractivity (Wildman–Crippen MR) is 64.7 cm³/mol. The zero-order chi connectivity index (χ0) is 10.9. The number of allylic oxidation sites excluding steroid dienone is 1. The van der Waals surface area contributed by atoms with E-state index in [2.05, 4.69) is 48.4 Å². The SMILES string of the molecule is C=C(CBr)c1cn(C)nc1C(C)(C)C. The van der Waals surface area contributed by atoms with E-state index in [4.69, 9.17) is 0 Å². The van der Waals surface area contributed by atoms with E-state index in [1.165, 1.54) is 0 Å². The van der Waals surface area contributed by atoms with E-state index in [1.807, 2.05) is 17.9 Å². The minimum atomic E-state index is 0.0711. The highest BCUT2D eigenvalue weighted by molar-refractivity contribution is 9.09. The van der Waals surface area contributed by atoms with Gasteiger partial charge in [-0.05, 0) is 5.57 Å². The molecule has 0 aliphatic carbocycles. The van der Waals surface area contributed by atoms with Crippen molar-refractivity contribution in [2.45, 2.75) is 26.2 Å². The molecule has 0 saturated heterocycles. The average molecular weight is 257 g/mol. The van der Waals surface area contributed by atoms with Gasteiger partial charge in [0.2, 0.25) is 0 Å². The van der Waals surface area contributed by atoms with Gasteiger partial charge in [-0.3, -0.25) is 4.68 Å². The van der Waals surface area contributed by atoms with Crippen LogP contribution in [-0.2, 0) is 12.5 Å². The molecule has 2 nitrogen and oxygen atoms in total.